The quantitative estimate of drug-likeness (QED) is 0.0195. The topological polar surface area (TPSA) is 72.5 Å². The summed E-state index contributed by atoms with van der Waals surface area (Å²) in [5.41, 5.74) is 2.19. The van der Waals surface area contributed by atoms with Gasteiger partial charge in [-0.15, -0.1) is 0 Å². The monoisotopic (exact) mass is 674 g/mol. The summed E-state index contributed by atoms with van der Waals surface area (Å²) < 4.78 is 99.5. The number of halogens is 5. The molecule has 0 atom stereocenters. The molecule has 0 aromatic heterocycles. The summed E-state index contributed by atoms with van der Waals surface area (Å²) in [5.74, 6) is -14.1. The van der Waals surface area contributed by atoms with E-state index in [2.05, 4.69) is 41.1 Å². The highest BCUT2D eigenvalue weighted by Gasteiger charge is 2.37. The summed E-state index contributed by atoms with van der Waals surface area (Å²) in [7, 11) is 0. The third-order valence-electron chi connectivity index (χ3n) is 7.04. The Labute approximate surface area is 275 Å². The van der Waals surface area contributed by atoms with E-state index < -0.39 is 52.8 Å². The molecule has 0 saturated heterocycles. The minimum atomic E-state index is -2.35. The number of esters is 1. The van der Waals surface area contributed by atoms with Crippen LogP contribution in [0, 0.1) is 29.1 Å². The van der Waals surface area contributed by atoms with Crippen molar-refractivity contribution in [3.05, 3.63) is 137 Å². The molecule has 4 aromatic rings. The lowest BCUT2D eigenvalue weighted by molar-refractivity contribution is -0.136. The predicted molar refractivity (Wildman–Crippen MR) is 165 cm³/mol. The molecule has 0 aliphatic heterocycles. The number of ether oxygens (including phenoxy) is 6. The van der Waals surface area contributed by atoms with Crippen LogP contribution in [0.2, 0.25) is 0 Å². The van der Waals surface area contributed by atoms with Gasteiger partial charge in [0.25, 0.3) is 0 Å². The molecule has 0 spiro atoms. The van der Waals surface area contributed by atoms with Crippen molar-refractivity contribution in [2.24, 2.45) is 0 Å². The van der Waals surface area contributed by atoms with E-state index in [1.54, 1.807) is 0 Å². The summed E-state index contributed by atoms with van der Waals surface area (Å²) >= 11 is 0. The number of hydrogen-bond acceptors (Lipinski definition) is 7. The van der Waals surface area contributed by atoms with Gasteiger partial charge in [0.05, 0.1) is 65.9 Å². The van der Waals surface area contributed by atoms with Crippen molar-refractivity contribution < 1.29 is 55.2 Å². The van der Waals surface area contributed by atoms with Gasteiger partial charge in [-0.2, -0.15) is 8.78 Å². The van der Waals surface area contributed by atoms with E-state index in [0.29, 0.717) is 33.0 Å². The zero-order valence-corrected chi connectivity index (χ0v) is 26.0. The second-order valence-electron chi connectivity index (χ2n) is 10.2. The van der Waals surface area contributed by atoms with Crippen LogP contribution in [0.5, 0.6) is 5.75 Å². The normalized spacial score (nSPS) is 11.5. The number of benzene rings is 4. The molecule has 0 radical (unpaired) electrons. The molecule has 0 N–H and O–H groups in total. The lowest BCUT2D eigenvalue weighted by Crippen LogP contribution is -2.34. The van der Waals surface area contributed by atoms with Crippen LogP contribution in [0.15, 0.2) is 91.0 Å². The molecule has 0 saturated carbocycles. The van der Waals surface area contributed by atoms with E-state index in [0.717, 1.165) is 16.7 Å². The molecule has 0 heterocycles. The first-order chi connectivity index (χ1) is 23.4. The van der Waals surface area contributed by atoms with Crippen molar-refractivity contribution in [1.29, 1.82) is 0 Å². The molecule has 0 fully saturated rings. The SMILES string of the molecule is O=C(CCOCCOCCOCCOCCOC(c1ccccc1)(c1ccccc1)c1ccccc1)Oc1c(F)c(F)c(F)c(F)c1F. The van der Waals surface area contributed by atoms with Gasteiger partial charge in [-0.25, -0.2) is 13.2 Å². The minimum absolute atomic E-state index is 0.0787. The Morgan fingerprint density at radius 3 is 1.19 bits per heavy atom. The molecule has 12 heteroatoms. The number of carbonyl (C=O) groups excluding carboxylic acids is 1. The van der Waals surface area contributed by atoms with Crippen molar-refractivity contribution in [1.82, 2.24) is 0 Å². The summed E-state index contributed by atoms with van der Waals surface area (Å²) in [6, 6.07) is 30.2. The molecule has 0 aliphatic carbocycles. The molecular formula is C36H35F5O7. The molecule has 4 rings (SSSR count). The minimum Gasteiger partial charge on any atom is -0.420 e. The molecule has 48 heavy (non-hydrogen) atoms. The van der Waals surface area contributed by atoms with E-state index in [4.69, 9.17) is 23.7 Å². The summed E-state index contributed by atoms with van der Waals surface area (Å²) in [6.45, 7) is 1.95. The highest BCUT2D eigenvalue weighted by atomic mass is 19.2. The highest BCUT2D eigenvalue weighted by molar-refractivity contribution is 5.72. The standard InChI is InChI=1S/C36H35F5O7/c37-30-31(38)33(40)35(34(41)32(30)39)48-29(42)16-17-43-18-19-44-20-21-45-22-23-46-24-25-47-36(26-10-4-1-5-11-26,27-12-6-2-7-13-27)28-14-8-3-9-15-28/h1-15H,16-25H2. The fraction of sp³-hybridized carbons (Fsp3) is 0.306. The van der Waals surface area contributed by atoms with Crippen molar-refractivity contribution in [2.75, 3.05) is 59.5 Å². The Morgan fingerprint density at radius 1 is 0.458 bits per heavy atom. The zero-order chi connectivity index (χ0) is 34.2. The summed E-state index contributed by atoms with van der Waals surface area (Å²) in [4.78, 5) is 11.7. The van der Waals surface area contributed by atoms with Crippen LogP contribution >= 0.6 is 0 Å². The fourth-order valence-corrected chi connectivity index (χ4v) is 4.78. The van der Waals surface area contributed by atoms with Crippen LogP contribution in [-0.4, -0.2) is 65.4 Å². The van der Waals surface area contributed by atoms with Crippen molar-refractivity contribution in [3.8, 4) is 5.75 Å². The largest absolute Gasteiger partial charge is 0.420 e. The Bertz CT molecular complexity index is 1430. The van der Waals surface area contributed by atoms with Gasteiger partial charge < -0.3 is 28.4 Å². The van der Waals surface area contributed by atoms with Gasteiger partial charge in [-0.05, 0) is 16.7 Å². The molecule has 0 amide bonds. The summed E-state index contributed by atoms with van der Waals surface area (Å²) in [6.07, 6.45) is -0.487. The molecular weight excluding hydrogens is 639 g/mol. The Morgan fingerprint density at radius 2 is 0.792 bits per heavy atom. The van der Waals surface area contributed by atoms with Gasteiger partial charge in [0.1, 0.15) is 5.60 Å². The van der Waals surface area contributed by atoms with E-state index in [-0.39, 0.29) is 26.4 Å². The summed E-state index contributed by atoms with van der Waals surface area (Å²) in [5, 5.41) is 0. The van der Waals surface area contributed by atoms with Crippen LogP contribution in [0.25, 0.3) is 0 Å². The maximum absolute atomic E-state index is 13.6. The first-order valence-corrected chi connectivity index (χ1v) is 15.2. The van der Waals surface area contributed by atoms with Gasteiger partial charge >= 0.3 is 5.97 Å². The first kappa shape index (κ1) is 36.6. The molecule has 7 nitrogen and oxygen atoms in total. The van der Waals surface area contributed by atoms with E-state index >= 15 is 0 Å². The molecule has 4 aromatic carbocycles. The lowest BCUT2D eigenvalue weighted by atomic mass is 9.80. The average Bonchev–Trinajstić information content (AvgIpc) is 3.13. The third-order valence-corrected chi connectivity index (χ3v) is 7.04. The predicted octanol–water partition coefficient (Wildman–Crippen LogP) is 6.75. The van der Waals surface area contributed by atoms with Gasteiger partial charge in [0.15, 0.2) is 0 Å². The average molecular weight is 675 g/mol. The van der Waals surface area contributed by atoms with Crippen molar-refractivity contribution in [3.63, 3.8) is 0 Å². The second-order valence-corrected chi connectivity index (χ2v) is 10.2. The number of rotatable bonds is 20. The van der Waals surface area contributed by atoms with Crippen LogP contribution in [-0.2, 0) is 34.1 Å². The van der Waals surface area contributed by atoms with E-state index in [9.17, 15) is 26.7 Å². The second kappa shape index (κ2) is 19.0. The Hall–Kier alpha value is -4.20. The molecule has 0 bridgehead atoms. The fourth-order valence-electron chi connectivity index (χ4n) is 4.78. The van der Waals surface area contributed by atoms with Gasteiger partial charge in [0.2, 0.25) is 34.8 Å². The van der Waals surface area contributed by atoms with Crippen molar-refractivity contribution >= 4 is 5.97 Å². The number of hydrogen-bond donors (Lipinski definition) is 0. The third kappa shape index (κ3) is 9.68. The maximum atomic E-state index is 13.6. The Balaban J connectivity index is 1.08. The smallest absolute Gasteiger partial charge is 0.313 e. The van der Waals surface area contributed by atoms with Crippen LogP contribution in [0.1, 0.15) is 23.1 Å². The Kier molecular flexibility index (Phi) is 14.5. The van der Waals surface area contributed by atoms with Crippen LogP contribution in [0.4, 0.5) is 22.0 Å². The molecule has 0 unspecified atom stereocenters. The molecule has 0 aliphatic rings. The molecule has 256 valence electrons. The maximum Gasteiger partial charge on any atom is 0.313 e. The van der Waals surface area contributed by atoms with Crippen molar-refractivity contribution in [2.45, 2.75) is 12.0 Å². The van der Waals surface area contributed by atoms with Gasteiger partial charge in [-0.1, -0.05) is 91.0 Å². The van der Waals surface area contributed by atoms with Gasteiger partial charge in [-0.3, -0.25) is 4.79 Å². The van der Waals surface area contributed by atoms with E-state index in [1.165, 1.54) is 0 Å². The lowest BCUT2D eigenvalue weighted by Gasteiger charge is -2.36. The first-order valence-electron chi connectivity index (χ1n) is 15.2. The highest BCUT2D eigenvalue weighted by Crippen LogP contribution is 2.40. The number of carbonyl (C=O) groups is 1. The van der Waals surface area contributed by atoms with Gasteiger partial charge in [0, 0.05) is 0 Å². The van der Waals surface area contributed by atoms with E-state index in [1.807, 2.05) is 54.6 Å². The zero-order valence-electron chi connectivity index (χ0n) is 26.0. The van der Waals surface area contributed by atoms with Crippen LogP contribution in [0.3, 0.4) is 0 Å². The van der Waals surface area contributed by atoms with Crippen LogP contribution < -0.4 is 4.74 Å².